The van der Waals surface area contributed by atoms with E-state index in [4.69, 9.17) is 4.74 Å². The second-order valence-electron chi connectivity index (χ2n) is 7.94. The van der Waals surface area contributed by atoms with Gasteiger partial charge < -0.3 is 10.1 Å². The van der Waals surface area contributed by atoms with Gasteiger partial charge in [-0.2, -0.15) is 0 Å². The average molecular weight is 482 g/mol. The van der Waals surface area contributed by atoms with Crippen LogP contribution in [-0.4, -0.2) is 42.6 Å². The van der Waals surface area contributed by atoms with E-state index < -0.39 is 0 Å². The van der Waals surface area contributed by atoms with Crippen LogP contribution in [0.4, 0.5) is 0 Å². The van der Waals surface area contributed by atoms with Crippen LogP contribution in [0.5, 0.6) is 5.75 Å². The van der Waals surface area contributed by atoms with Gasteiger partial charge in [-0.25, -0.2) is 0 Å². The number of rotatable bonds is 6. The molecule has 6 heteroatoms. The summed E-state index contributed by atoms with van der Waals surface area (Å²) in [5.74, 6) is 0.698. The topological polar surface area (TPSA) is 41.6 Å². The summed E-state index contributed by atoms with van der Waals surface area (Å²) in [6.45, 7) is 5.06. The van der Waals surface area contributed by atoms with Crippen molar-refractivity contribution in [3.63, 3.8) is 0 Å². The highest BCUT2D eigenvalue weighted by atomic mass is 79.9. The van der Waals surface area contributed by atoms with Gasteiger partial charge in [0.2, 0.25) is 0 Å². The van der Waals surface area contributed by atoms with Crippen LogP contribution in [0.1, 0.15) is 55.8 Å². The smallest absolute Gasteiger partial charge is 0.255 e. The molecule has 1 aliphatic carbocycles. The highest BCUT2D eigenvalue weighted by Gasteiger charge is 2.26. The Morgan fingerprint density at radius 2 is 1.90 bits per heavy atom. The first-order valence-corrected chi connectivity index (χ1v) is 11.4. The summed E-state index contributed by atoms with van der Waals surface area (Å²) >= 11 is 3.66. The molecule has 0 radical (unpaired) electrons. The van der Waals surface area contributed by atoms with Crippen LogP contribution in [0.15, 0.2) is 34.8 Å². The zero-order valence-electron chi connectivity index (χ0n) is 17.0. The molecule has 1 heterocycles. The predicted molar refractivity (Wildman–Crippen MR) is 124 cm³/mol. The van der Waals surface area contributed by atoms with Crippen LogP contribution < -0.4 is 10.1 Å². The van der Waals surface area contributed by atoms with E-state index in [0.29, 0.717) is 18.2 Å². The fourth-order valence-electron chi connectivity index (χ4n) is 4.62. The maximum atomic E-state index is 13.2. The predicted octanol–water partition coefficient (Wildman–Crippen LogP) is 5.56. The summed E-state index contributed by atoms with van der Waals surface area (Å²) in [6, 6.07) is 10.5. The average Bonchev–Trinajstić information content (AvgIpc) is 3.39. The quantitative estimate of drug-likeness (QED) is 0.587. The molecule has 29 heavy (non-hydrogen) atoms. The number of nitrogens with zero attached hydrogens (tertiary/aromatic N) is 1. The number of hydrogen-bond acceptors (Lipinski definition) is 3. The normalized spacial score (nSPS) is 20.0. The molecule has 2 aromatic rings. The van der Waals surface area contributed by atoms with Crippen LogP contribution in [0.2, 0.25) is 0 Å². The molecule has 2 aromatic carbocycles. The zero-order valence-corrected chi connectivity index (χ0v) is 19.4. The number of halogens is 2. The van der Waals surface area contributed by atoms with E-state index in [-0.39, 0.29) is 24.4 Å². The van der Waals surface area contributed by atoms with Crippen molar-refractivity contribution in [2.24, 2.45) is 0 Å². The summed E-state index contributed by atoms with van der Waals surface area (Å²) in [6.07, 6.45) is 7.12. The molecule has 1 atom stereocenters. The lowest BCUT2D eigenvalue weighted by molar-refractivity contribution is 0.0934. The van der Waals surface area contributed by atoms with Gasteiger partial charge in [0.25, 0.3) is 5.91 Å². The van der Waals surface area contributed by atoms with Crippen molar-refractivity contribution in [3.8, 4) is 5.75 Å². The van der Waals surface area contributed by atoms with Gasteiger partial charge >= 0.3 is 0 Å². The first kappa shape index (κ1) is 22.4. The molecule has 1 saturated carbocycles. The highest BCUT2D eigenvalue weighted by molar-refractivity contribution is 9.10. The Labute approximate surface area is 187 Å². The largest absolute Gasteiger partial charge is 0.489 e. The molecule has 1 N–H and O–H groups in total. The third-order valence-corrected chi connectivity index (χ3v) is 6.84. The van der Waals surface area contributed by atoms with Crippen molar-refractivity contribution in [1.29, 1.82) is 0 Å². The van der Waals surface area contributed by atoms with Crippen LogP contribution in [-0.2, 0) is 0 Å². The van der Waals surface area contributed by atoms with Gasteiger partial charge in [0.05, 0.1) is 11.7 Å². The number of hydrogen-bond donors (Lipinski definition) is 1. The first-order valence-electron chi connectivity index (χ1n) is 10.6. The lowest BCUT2D eigenvalue weighted by Crippen LogP contribution is -2.40. The van der Waals surface area contributed by atoms with Gasteiger partial charge in [-0.1, -0.05) is 47.1 Å². The molecule has 1 aliphatic heterocycles. The van der Waals surface area contributed by atoms with Crippen molar-refractivity contribution in [2.75, 3.05) is 19.6 Å². The number of carbonyl (C=O) groups excluding carboxylic acids is 1. The highest BCUT2D eigenvalue weighted by Crippen LogP contribution is 2.37. The number of amides is 1. The van der Waals surface area contributed by atoms with Crippen molar-refractivity contribution < 1.29 is 9.53 Å². The lowest BCUT2D eigenvalue weighted by Gasteiger charge is -2.24. The minimum Gasteiger partial charge on any atom is -0.489 e. The Morgan fingerprint density at radius 1 is 1.17 bits per heavy atom. The lowest BCUT2D eigenvalue weighted by atomic mass is 10.0. The monoisotopic (exact) mass is 480 g/mol. The van der Waals surface area contributed by atoms with Crippen molar-refractivity contribution in [1.82, 2.24) is 10.2 Å². The van der Waals surface area contributed by atoms with E-state index in [1.807, 2.05) is 18.2 Å². The second-order valence-corrected chi connectivity index (χ2v) is 8.79. The van der Waals surface area contributed by atoms with E-state index in [0.717, 1.165) is 53.3 Å². The Hall–Kier alpha value is -1.30. The van der Waals surface area contributed by atoms with Gasteiger partial charge in [-0.15, -0.1) is 12.4 Å². The molecule has 1 amide bonds. The van der Waals surface area contributed by atoms with Crippen LogP contribution in [0, 0.1) is 0 Å². The number of benzene rings is 2. The van der Waals surface area contributed by atoms with Crippen molar-refractivity contribution in [2.45, 2.75) is 57.6 Å². The third-order valence-electron chi connectivity index (χ3n) is 6.18. The number of likely N-dealkylation sites (tertiary alicyclic amines) is 1. The maximum absolute atomic E-state index is 13.2. The van der Waals surface area contributed by atoms with Crippen molar-refractivity contribution in [3.05, 3.63) is 40.4 Å². The number of likely N-dealkylation sites (N-methyl/N-ethyl adjacent to an activating group) is 1. The number of nitrogens with one attached hydrogen (secondary N) is 1. The standard InChI is InChI=1S/C23H29BrN2O2.ClH/c1-2-26-13-7-8-16(26)15-25-23(27)20-14-21(24)18-11-5-6-12-19(18)22(20)28-17-9-3-4-10-17;/h5-6,11-12,14,16-17H,2-4,7-10,13,15H2,1H3,(H,25,27);1H. The van der Waals surface area contributed by atoms with Gasteiger partial charge in [0.1, 0.15) is 5.75 Å². The Bertz CT molecular complexity index is 854. The van der Waals surface area contributed by atoms with E-state index in [1.54, 1.807) is 0 Å². The van der Waals surface area contributed by atoms with Gasteiger partial charge in [0, 0.05) is 22.4 Å². The minimum atomic E-state index is -0.0394. The summed E-state index contributed by atoms with van der Waals surface area (Å²) in [7, 11) is 0. The molecule has 2 aliphatic rings. The summed E-state index contributed by atoms with van der Waals surface area (Å²) in [5.41, 5.74) is 0.638. The molecule has 0 aromatic heterocycles. The summed E-state index contributed by atoms with van der Waals surface area (Å²) in [4.78, 5) is 15.6. The Balaban J connectivity index is 0.00000240. The molecule has 1 unspecified atom stereocenters. The molecular formula is C23H30BrClN2O2. The Kier molecular flexibility index (Phi) is 7.83. The SMILES string of the molecule is CCN1CCCC1CNC(=O)c1cc(Br)c2ccccc2c1OC1CCCC1.Cl. The second kappa shape index (κ2) is 10.1. The minimum absolute atomic E-state index is 0. The van der Waals surface area contributed by atoms with Gasteiger partial charge in [-0.3, -0.25) is 9.69 Å². The summed E-state index contributed by atoms with van der Waals surface area (Å²) < 4.78 is 7.35. The number of ether oxygens (including phenoxy) is 1. The van der Waals surface area contributed by atoms with Crippen LogP contribution >= 0.6 is 28.3 Å². The maximum Gasteiger partial charge on any atom is 0.255 e. The van der Waals surface area contributed by atoms with Crippen LogP contribution in [0.25, 0.3) is 10.8 Å². The van der Waals surface area contributed by atoms with Gasteiger partial charge in [0.15, 0.2) is 0 Å². The molecule has 158 valence electrons. The van der Waals surface area contributed by atoms with Crippen LogP contribution in [0.3, 0.4) is 0 Å². The fourth-order valence-corrected chi connectivity index (χ4v) is 5.20. The summed E-state index contributed by atoms with van der Waals surface area (Å²) in [5, 5.41) is 5.27. The van der Waals surface area contributed by atoms with E-state index in [1.165, 1.54) is 19.3 Å². The fraction of sp³-hybridized carbons (Fsp3) is 0.522. The zero-order chi connectivity index (χ0) is 19.5. The molecule has 1 saturated heterocycles. The number of fused-ring (bicyclic) bond motifs is 1. The van der Waals surface area contributed by atoms with E-state index in [9.17, 15) is 4.79 Å². The molecular weight excluding hydrogens is 452 g/mol. The van der Waals surface area contributed by atoms with Gasteiger partial charge in [-0.05, 0) is 63.1 Å². The number of carbonyl (C=O) groups is 1. The molecule has 2 fully saturated rings. The van der Waals surface area contributed by atoms with E-state index >= 15 is 0 Å². The molecule has 0 bridgehead atoms. The first-order chi connectivity index (χ1) is 13.7. The Morgan fingerprint density at radius 3 is 2.62 bits per heavy atom. The third kappa shape index (κ3) is 4.89. The van der Waals surface area contributed by atoms with Crippen molar-refractivity contribution >= 4 is 45.0 Å². The van der Waals surface area contributed by atoms with E-state index in [2.05, 4.69) is 45.2 Å². The molecule has 4 nitrogen and oxygen atoms in total. The molecule has 0 spiro atoms. The molecule has 4 rings (SSSR count).